The molecule has 1 N–H and O–H groups in total. The molecule has 2 saturated heterocycles. The first-order valence-corrected chi connectivity index (χ1v) is 15.0. The molecule has 3 aromatic heterocycles. The van der Waals surface area contributed by atoms with E-state index in [1.165, 1.54) is 6.42 Å². The van der Waals surface area contributed by atoms with Crippen molar-refractivity contribution in [1.29, 1.82) is 5.26 Å². The third kappa shape index (κ3) is 4.74. The highest BCUT2D eigenvalue weighted by Crippen LogP contribution is 2.46. The maximum Gasteiger partial charge on any atom is 0.412 e. The SMILES string of the molecule is CC(C)(C)OC(=O)Nc1sc2c(F)cnc(-c3c4c(c5cnc(N6CC[C@H](N7CCC7)C6)nc5c3F)COC4)c2c1C#N. The topological polar surface area (TPSA) is 116 Å². The molecule has 4 aromatic rings. The van der Waals surface area contributed by atoms with Crippen molar-refractivity contribution in [3.63, 3.8) is 0 Å². The van der Waals surface area contributed by atoms with E-state index in [0.717, 1.165) is 55.7 Å². The van der Waals surface area contributed by atoms with E-state index in [2.05, 4.69) is 31.2 Å². The van der Waals surface area contributed by atoms with Gasteiger partial charge in [0.05, 0.1) is 35.4 Å². The van der Waals surface area contributed by atoms with Crippen molar-refractivity contribution in [3.8, 4) is 17.3 Å². The minimum atomic E-state index is -0.792. The van der Waals surface area contributed by atoms with Crippen molar-refractivity contribution < 1.29 is 23.0 Å². The first-order valence-electron chi connectivity index (χ1n) is 14.2. The van der Waals surface area contributed by atoms with Gasteiger partial charge in [-0.25, -0.2) is 23.5 Å². The van der Waals surface area contributed by atoms with Crippen molar-refractivity contribution in [2.24, 2.45) is 0 Å². The summed E-state index contributed by atoms with van der Waals surface area (Å²) in [5.74, 6) is -0.880. The first-order chi connectivity index (χ1) is 20.6. The smallest absolute Gasteiger partial charge is 0.412 e. The second kappa shape index (κ2) is 10.3. The van der Waals surface area contributed by atoms with E-state index in [1.54, 1.807) is 27.0 Å². The highest BCUT2D eigenvalue weighted by Gasteiger charge is 2.34. The molecule has 0 saturated carbocycles. The number of carbonyl (C=O) groups is 1. The van der Waals surface area contributed by atoms with Crippen LogP contribution in [0.5, 0.6) is 0 Å². The molecule has 10 nitrogen and oxygen atoms in total. The van der Waals surface area contributed by atoms with Gasteiger partial charge in [0.2, 0.25) is 5.95 Å². The fourth-order valence-corrected chi connectivity index (χ4v) is 7.12. The molecule has 0 spiro atoms. The second-order valence-corrected chi connectivity index (χ2v) is 13.1. The Balaban J connectivity index is 1.37. The van der Waals surface area contributed by atoms with Gasteiger partial charge in [-0.05, 0) is 57.8 Å². The molecular weight excluding hydrogens is 576 g/mol. The number of hydrogen-bond donors (Lipinski definition) is 1. The summed E-state index contributed by atoms with van der Waals surface area (Å²) < 4.78 is 43.0. The van der Waals surface area contributed by atoms with E-state index in [0.29, 0.717) is 22.9 Å². The summed E-state index contributed by atoms with van der Waals surface area (Å²) in [6, 6.07) is 2.50. The van der Waals surface area contributed by atoms with Crippen LogP contribution in [0.4, 0.5) is 24.5 Å². The van der Waals surface area contributed by atoms with Crippen LogP contribution in [0.1, 0.15) is 50.3 Å². The number of fused-ring (bicyclic) bond motifs is 4. The van der Waals surface area contributed by atoms with Gasteiger partial charge in [-0.2, -0.15) is 5.26 Å². The average Bonchev–Trinajstić information content (AvgIpc) is 3.67. The summed E-state index contributed by atoms with van der Waals surface area (Å²) in [6.07, 6.45) is 4.07. The van der Waals surface area contributed by atoms with Gasteiger partial charge in [-0.15, -0.1) is 11.3 Å². The van der Waals surface area contributed by atoms with Crippen LogP contribution >= 0.6 is 11.3 Å². The van der Waals surface area contributed by atoms with Crippen molar-refractivity contribution in [2.45, 2.75) is 58.5 Å². The normalized spacial score (nSPS) is 18.6. The van der Waals surface area contributed by atoms with E-state index in [9.17, 15) is 10.1 Å². The monoisotopic (exact) mass is 605 g/mol. The first kappa shape index (κ1) is 27.8. The summed E-state index contributed by atoms with van der Waals surface area (Å²) in [6.45, 7) is 9.22. The van der Waals surface area contributed by atoms with E-state index < -0.39 is 23.3 Å². The van der Waals surface area contributed by atoms with Crippen molar-refractivity contribution in [3.05, 3.63) is 40.7 Å². The quantitative estimate of drug-likeness (QED) is 0.312. The van der Waals surface area contributed by atoms with Gasteiger partial charge in [0.15, 0.2) is 11.6 Å². The van der Waals surface area contributed by atoms with Crippen LogP contribution in [0.25, 0.3) is 32.2 Å². The number of anilines is 2. The lowest BCUT2D eigenvalue weighted by atomic mass is 9.94. The Morgan fingerprint density at radius 3 is 2.70 bits per heavy atom. The van der Waals surface area contributed by atoms with Crippen LogP contribution in [-0.2, 0) is 22.7 Å². The van der Waals surface area contributed by atoms with Crippen molar-refractivity contribution in [1.82, 2.24) is 19.9 Å². The van der Waals surface area contributed by atoms with E-state index in [1.807, 2.05) is 0 Å². The number of aromatic nitrogens is 3. The number of nitrogens with zero attached hydrogens (tertiary/aromatic N) is 6. The van der Waals surface area contributed by atoms with E-state index >= 15 is 8.78 Å². The molecule has 1 aromatic carbocycles. The molecule has 0 bridgehead atoms. The number of nitriles is 1. The molecule has 7 rings (SSSR count). The Kier molecular flexibility index (Phi) is 6.68. The van der Waals surface area contributed by atoms with Crippen LogP contribution in [0, 0.1) is 23.0 Å². The Bertz CT molecular complexity index is 1840. The minimum Gasteiger partial charge on any atom is -0.444 e. The van der Waals surface area contributed by atoms with Crippen molar-refractivity contribution >= 4 is 49.4 Å². The highest BCUT2D eigenvalue weighted by atomic mass is 32.1. The standard InChI is InChI=1S/C30H29F2N7O3S/c1-30(2,3)42-29(40)37-27-16(9-33)22-25(34-11-20(31)26(22)43-27)21-19-14-41-13-18(19)17-10-35-28(36-24(17)23(21)32)39-8-5-15(12-39)38-6-4-7-38/h10-11,15H,4-8,12-14H2,1-3H3,(H,37,40)/t15-/m0/s1. The molecule has 2 fully saturated rings. The molecule has 13 heteroatoms. The number of amides is 1. The van der Waals surface area contributed by atoms with E-state index in [4.69, 9.17) is 14.5 Å². The number of halogens is 2. The van der Waals surface area contributed by atoms with Gasteiger partial charge in [-0.3, -0.25) is 15.2 Å². The second-order valence-electron chi connectivity index (χ2n) is 12.1. The Labute approximate surface area is 250 Å². The van der Waals surface area contributed by atoms with Gasteiger partial charge < -0.3 is 14.4 Å². The molecule has 0 radical (unpaired) electrons. The maximum atomic E-state index is 16.7. The lowest BCUT2D eigenvalue weighted by Gasteiger charge is -2.36. The minimum absolute atomic E-state index is 0.0301. The number of likely N-dealkylation sites (tertiary alicyclic amines) is 1. The largest absolute Gasteiger partial charge is 0.444 e. The summed E-state index contributed by atoms with van der Waals surface area (Å²) in [5, 5.41) is 13.5. The van der Waals surface area contributed by atoms with Crippen LogP contribution in [0.3, 0.4) is 0 Å². The van der Waals surface area contributed by atoms with Crippen molar-refractivity contribution in [2.75, 3.05) is 36.4 Å². The Morgan fingerprint density at radius 2 is 1.98 bits per heavy atom. The molecule has 222 valence electrons. The third-order valence-electron chi connectivity index (χ3n) is 8.17. The number of hydrogen-bond acceptors (Lipinski definition) is 10. The molecule has 1 atom stereocenters. The predicted molar refractivity (Wildman–Crippen MR) is 158 cm³/mol. The number of pyridine rings is 1. The van der Waals surface area contributed by atoms with Gasteiger partial charge in [0, 0.05) is 41.7 Å². The van der Waals surface area contributed by atoms with Crippen LogP contribution < -0.4 is 10.2 Å². The zero-order valence-electron chi connectivity index (χ0n) is 24.0. The molecular formula is C30H29F2N7O3S. The maximum absolute atomic E-state index is 16.7. The molecule has 43 heavy (non-hydrogen) atoms. The fourth-order valence-electron chi connectivity index (χ4n) is 6.08. The Hall–Kier alpha value is -3.99. The van der Waals surface area contributed by atoms with E-state index in [-0.39, 0.29) is 50.6 Å². The lowest BCUT2D eigenvalue weighted by molar-refractivity contribution is 0.0636. The molecule has 6 heterocycles. The summed E-state index contributed by atoms with van der Waals surface area (Å²) in [4.78, 5) is 30.7. The van der Waals surface area contributed by atoms with Gasteiger partial charge in [0.25, 0.3) is 0 Å². The van der Waals surface area contributed by atoms with Gasteiger partial charge in [0.1, 0.15) is 22.2 Å². The highest BCUT2D eigenvalue weighted by molar-refractivity contribution is 7.23. The molecule has 3 aliphatic rings. The number of benzene rings is 1. The summed E-state index contributed by atoms with van der Waals surface area (Å²) in [5.41, 5.74) is 0.783. The van der Waals surface area contributed by atoms with Gasteiger partial charge >= 0.3 is 6.09 Å². The summed E-state index contributed by atoms with van der Waals surface area (Å²) >= 11 is 0.870. The fraction of sp³-hybridized carbons (Fsp3) is 0.433. The number of rotatable bonds is 4. The van der Waals surface area contributed by atoms with Gasteiger partial charge in [-0.1, -0.05) is 0 Å². The number of thiophene rings is 1. The molecule has 3 aliphatic heterocycles. The summed E-state index contributed by atoms with van der Waals surface area (Å²) in [7, 11) is 0. The Morgan fingerprint density at radius 1 is 1.19 bits per heavy atom. The zero-order chi connectivity index (χ0) is 30.0. The molecule has 0 unspecified atom stereocenters. The lowest BCUT2D eigenvalue weighted by Crippen LogP contribution is -2.46. The third-order valence-corrected chi connectivity index (χ3v) is 9.29. The predicted octanol–water partition coefficient (Wildman–Crippen LogP) is 5.72. The zero-order valence-corrected chi connectivity index (χ0v) is 24.8. The van der Waals surface area contributed by atoms with Crippen LogP contribution in [0.2, 0.25) is 0 Å². The van der Waals surface area contributed by atoms with Crippen LogP contribution in [-0.4, -0.2) is 63.8 Å². The average molecular weight is 606 g/mol. The number of ether oxygens (including phenoxy) is 2. The number of carbonyl (C=O) groups excluding carboxylic acids is 1. The molecule has 0 aliphatic carbocycles. The molecule has 1 amide bonds. The number of nitrogens with one attached hydrogen (secondary N) is 1. The van der Waals surface area contributed by atoms with Crippen LogP contribution in [0.15, 0.2) is 12.4 Å².